The number of hydrogen-bond donors (Lipinski definition) is 1. The highest BCUT2D eigenvalue weighted by Crippen LogP contribution is 2.48. The van der Waals surface area contributed by atoms with Crippen molar-refractivity contribution in [2.75, 3.05) is 6.61 Å². The van der Waals surface area contributed by atoms with E-state index in [1.54, 1.807) is 0 Å². The van der Waals surface area contributed by atoms with Crippen LogP contribution < -0.4 is 0 Å². The maximum Gasteiger partial charge on any atom is 0.184 e. The summed E-state index contributed by atoms with van der Waals surface area (Å²) in [6.45, 7) is 6.27. The van der Waals surface area contributed by atoms with Crippen LogP contribution in [0.25, 0.3) is 0 Å². The summed E-state index contributed by atoms with van der Waals surface area (Å²) in [4.78, 5) is 0. The summed E-state index contributed by atoms with van der Waals surface area (Å²) in [7, 11) is 0. The number of unbranched alkanes of at least 4 members (excludes halogenated alkanes) is 5. The van der Waals surface area contributed by atoms with Gasteiger partial charge in [0.15, 0.2) is 12.1 Å². The summed E-state index contributed by atoms with van der Waals surface area (Å²) in [5.74, 6) is -0.804. The zero-order valence-electron chi connectivity index (χ0n) is 24.1. The van der Waals surface area contributed by atoms with E-state index < -0.39 is 35.5 Å². The number of ether oxygens (including phenoxy) is 4. The molecule has 1 N–H and O–H groups in total. The highest BCUT2D eigenvalue weighted by molar-refractivity contribution is 5.47. The lowest BCUT2D eigenvalue weighted by Gasteiger charge is -2.41. The van der Waals surface area contributed by atoms with E-state index in [-0.39, 0.29) is 6.61 Å². The van der Waals surface area contributed by atoms with Crippen LogP contribution in [0.3, 0.4) is 0 Å². The van der Waals surface area contributed by atoms with Gasteiger partial charge in [0.05, 0.1) is 6.61 Å². The van der Waals surface area contributed by atoms with Crippen LogP contribution in [0.15, 0.2) is 91.0 Å². The Labute approximate surface area is 239 Å². The molecule has 0 aliphatic carbocycles. The van der Waals surface area contributed by atoms with E-state index in [1.165, 1.54) is 25.7 Å². The summed E-state index contributed by atoms with van der Waals surface area (Å²) in [5, 5.41) is 11.0. The Bertz CT molecular complexity index is 1090. The molecule has 214 valence electrons. The first-order valence-electron chi connectivity index (χ1n) is 14.9. The second-order valence-corrected chi connectivity index (χ2v) is 11.7. The third-order valence-corrected chi connectivity index (χ3v) is 8.31. The fourth-order valence-electron chi connectivity index (χ4n) is 6.37. The third-order valence-electron chi connectivity index (χ3n) is 8.31. The first kappa shape index (κ1) is 29.0. The van der Waals surface area contributed by atoms with E-state index >= 15 is 0 Å². The fourth-order valence-corrected chi connectivity index (χ4v) is 6.37. The normalized spacial score (nSPS) is 25.6. The minimum absolute atomic E-state index is 0.234. The number of aliphatic hydroxyl groups excluding tert-OH is 1. The Morgan fingerprint density at radius 3 is 1.73 bits per heavy atom. The average Bonchev–Trinajstić information content (AvgIpc) is 3.44. The van der Waals surface area contributed by atoms with Crippen LogP contribution in [0.1, 0.15) is 82.4 Å². The summed E-state index contributed by atoms with van der Waals surface area (Å²) < 4.78 is 26.2. The lowest BCUT2D eigenvalue weighted by atomic mass is 9.79. The van der Waals surface area contributed by atoms with Crippen molar-refractivity contribution in [2.24, 2.45) is 0 Å². The van der Waals surface area contributed by atoms with E-state index in [4.69, 9.17) is 18.9 Å². The summed E-state index contributed by atoms with van der Waals surface area (Å²) >= 11 is 0. The van der Waals surface area contributed by atoms with Gasteiger partial charge in [0, 0.05) is 0 Å². The van der Waals surface area contributed by atoms with Gasteiger partial charge in [-0.1, -0.05) is 136 Å². The summed E-state index contributed by atoms with van der Waals surface area (Å²) in [6, 6.07) is 31.1. The quantitative estimate of drug-likeness (QED) is 0.180. The largest absolute Gasteiger partial charge is 0.366 e. The summed E-state index contributed by atoms with van der Waals surface area (Å²) in [6.07, 6.45) is 5.61. The van der Waals surface area contributed by atoms with Gasteiger partial charge in [-0.25, -0.2) is 0 Å². The number of aliphatic hydroxyl groups is 1. The molecular weight excluding hydrogens is 500 g/mol. The minimum atomic E-state index is -1.07. The number of benzene rings is 3. The lowest BCUT2D eigenvalue weighted by Crippen LogP contribution is -2.49. The van der Waals surface area contributed by atoms with Gasteiger partial charge in [0.25, 0.3) is 0 Å². The molecule has 0 spiro atoms. The smallest absolute Gasteiger partial charge is 0.184 e. The Kier molecular flexibility index (Phi) is 9.08. The predicted molar refractivity (Wildman–Crippen MR) is 157 cm³/mol. The van der Waals surface area contributed by atoms with Gasteiger partial charge in [-0.15, -0.1) is 0 Å². The Morgan fingerprint density at radius 1 is 0.700 bits per heavy atom. The van der Waals surface area contributed by atoms with Gasteiger partial charge in [-0.3, -0.25) is 0 Å². The van der Waals surface area contributed by atoms with Gasteiger partial charge < -0.3 is 24.1 Å². The highest BCUT2D eigenvalue weighted by atomic mass is 16.8. The molecule has 2 saturated heterocycles. The predicted octanol–water partition coefficient (Wildman–Crippen LogP) is 7.35. The lowest BCUT2D eigenvalue weighted by molar-refractivity contribution is -0.258. The van der Waals surface area contributed by atoms with Crippen molar-refractivity contribution < 1.29 is 24.1 Å². The maximum atomic E-state index is 11.0. The van der Waals surface area contributed by atoms with Crippen molar-refractivity contribution in [3.05, 3.63) is 108 Å². The van der Waals surface area contributed by atoms with E-state index in [9.17, 15) is 5.11 Å². The molecule has 2 aliphatic rings. The van der Waals surface area contributed by atoms with Crippen molar-refractivity contribution in [1.29, 1.82) is 0 Å². The Morgan fingerprint density at radius 2 is 1.20 bits per heavy atom. The van der Waals surface area contributed by atoms with Gasteiger partial charge in [-0.05, 0) is 37.0 Å². The topological polar surface area (TPSA) is 57.2 Å². The second kappa shape index (κ2) is 12.5. The SMILES string of the molecule is CCCCCCCC[C@]1(COC(c2ccccc2)(c2ccccc2)c2ccccc2)OC(O)[C@@H]2OC(C)(C)O[C@@H]21. The standard InChI is InChI=1S/C35H44O5/c1-4-5-6-7-8-18-25-34(31-30(32(36)40-34)38-33(2,3)39-31)26-37-35(27-19-12-9-13-20-27,28-21-14-10-15-22-28)29-23-16-11-17-24-29/h9-17,19-24,30-32,36H,4-8,18,25-26H2,1-3H3/t30-,31+,32?,34-/m1/s1. The molecule has 40 heavy (non-hydrogen) atoms. The summed E-state index contributed by atoms with van der Waals surface area (Å²) in [5.41, 5.74) is 1.34. The average molecular weight is 545 g/mol. The van der Waals surface area contributed by atoms with E-state index in [0.29, 0.717) is 6.42 Å². The molecule has 5 heteroatoms. The Balaban J connectivity index is 1.53. The van der Waals surface area contributed by atoms with Gasteiger partial charge in [0.2, 0.25) is 0 Å². The van der Waals surface area contributed by atoms with Gasteiger partial charge in [-0.2, -0.15) is 0 Å². The third kappa shape index (κ3) is 5.90. The van der Waals surface area contributed by atoms with Crippen molar-refractivity contribution in [3.63, 3.8) is 0 Å². The molecule has 2 fully saturated rings. The molecule has 2 heterocycles. The molecule has 3 aromatic carbocycles. The molecular formula is C35H44O5. The fraction of sp³-hybridized carbons (Fsp3) is 0.486. The van der Waals surface area contributed by atoms with Gasteiger partial charge >= 0.3 is 0 Å². The molecule has 1 unspecified atom stereocenters. The molecule has 0 bridgehead atoms. The van der Waals surface area contributed by atoms with E-state index in [1.807, 2.05) is 68.4 Å². The van der Waals surface area contributed by atoms with E-state index in [2.05, 4.69) is 43.3 Å². The van der Waals surface area contributed by atoms with Crippen LogP contribution in [-0.2, 0) is 24.5 Å². The Hall–Kier alpha value is -2.54. The van der Waals surface area contributed by atoms with Crippen molar-refractivity contribution in [3.8, 4) is 0 Å². The van der Waals surface area contributed by atoms with Gasteiger partial charge in [0.1, 0.15) is 23.4 Å². The first-order chi connectivity index (χ1) is 19.4. The van der Waals surface area contributed by atoms with Crippen molar-refractivity contribution >= 4 is 0 Å². The number of rotatable bonds is 13. The van der Waals surface area contributed by atoms with Crippen LogP contribution in [0.2, 0.25) is 0 Å². The maximum absolute atomic E-state index is 11.0. The molecule has 5 nitrogen and oxygen atoms in total. The molecule has 0 radical (unpaired) electrons. The molecule has 2 aliphatic heterocycles. The van der Waals surface area contributed by atoms with Crippen LogP contribution in [-0.4, -0.2) is 41.6 Å². The zero-order chi connectivity index (χ0) is 28.1. The molecule has 5 rings (SSSR count). The van der Waals surface area contributed by atoms with E-state index in [0.717, 1.165) is 29.5 Å². The molecule has 0 amide bonds. The second-order valence-electron chi connectivity index (χ2n) is 11.7. The van der Waals surface area contributed by atoms with Crippen LogP contribution >= 0.6 is 0 Å². The van der Waals surface area contributed by atoms with Crippen LogP contribution in [0, 0.1) is 0 Å². The van der Waals surface area contributed by atoms with Crippen LogP contribution in [0.5, 0.6) is 0 Å². The molecule has 3 aromatic rings. The highest BCUT2D eigenvalue weighted by Gasteiger charge is 2.63. The molecule has 0 aromatic heterocycles. The monoisotopic (exact) mass is 544 g/mol. The zero-order valence-corrected chi connectivity index (χ0v) is 24.1. The molecule has 4 atom stereocenters. The van der Waals surface area contributed by atoms with Crippen molar-refractivity contribution in [2.45, 2.75) is 101 Å². The minimum Gasteiger partial charge on any atom is -0.366 e. The first-order valence-corrected chi connectivity index (χ1v) is 14.9. The van der Waals surface area contributed by atoms with Crippen molar-refractivity contribution in [1.82, 2.24) is 0 Å². The van der Waals surface area contributed by atoms with Crippen LogP contribution in [0.4, 0.5) is 0 Å². The number of hydrogen-bond acceptors (Lipinski definition) is 5. The molecule has 0 saturated carbocycles. The number of fused-ring (bicyclic) bond motifs is 1.